The summed E-state index contributed by atoms with van der Waals surface area (Å²) in [6.45, 7) is 6.65. The van der Waals surface area contributed by atoms with E-state index in [0.717, 1.165) is 42.1 Å². The lowest BCUT2D eigenvalue weighted by Crippen LogP contribution is -2.40. The average Bonchev–Trinajstić information content (AvgIpc) is 3.21. The van der Waals surface area contributed by atoms with Crippen LogP contribution in [0, 0.1) is 13.8 Å². The van der Waals surface area contributed by atoms with Crippen molar-refractivity contribution in [1.29, 1.82) is 0 Å². The van der Waals surface area contributed by atoms with Crippen molar-refractivity contribution in [1.82, 2.24) is 9.91 Å². The van der Waals surface area contributed by atoms with Gasteiger partial charge in [0.1, 0.15) is 5.75 Å². The third-order valence-electron chi connectivity index (χ3n) is 6.18. The Labute approximate surface area is 179 Å². The third kappa shape index (κ3) is 4.41. The molecule has 2 aromatic rings. The molecular weight excluding hydrogens is 374 g/mol. The summed E-state index contributed by atoms with van der Waals surface area (Å²) in [5.41, 5.74) is 5.62. The van der Waals surface area contributed by atoms with E-state index in [-0.39, 0.29) is 11.9 Å². The fraction of sp³-hybridized carbons (Fsp3) is 0.440. The van der Waals surface area contributed by atoms with Crippen LogP contribution in [0.5, 0.6) is 5.75 Å². The molecule has 30 heavy (non-hydrogen) atoms. The van der Waals surface area contributed by atoms with Crippen molar-refractivity contribution < 1.29 is 9.53 Å². The Morgan fingerprint density at radius 3 is 2.50 bits per heavy atom. The number of carbonyl (C=O) groups is 1. The van der Waals surface area contributed by atoms with Gasteiger partial charge in [-0.3, -0.25) is 9.69 Å². The maximum absolute atomic E-state index is 13.3. The van der Waals surface area contributed by atoms with Crippen LogP contribution in [-0.4, -0.2) is 48.3 Å². The Morgan fingerprint density at radius 1 is 1.07 bits per heavy atom. The predicted molar refractivity (Wildman–Crippen MR) is 120 cm³/mol. The molecule has 0 aromatic heterocycles. The lowest BCUT2D eigenvalue weighted by molar-refractivity contribution is -0.134. The molecule has 0 N–H and O–H groups in total. The van der Waals surface area contributed by atoms with E-state index in [9.17, 15) is 4.79 Å². The number of carbonyl (C=O) groups excluding carboxylic acids is 1. The van der Waals surface area contributed by atoms with Crippen LogP contribution in [0.3, 0.4) is 0 Å². The van der Waals surface area contributed by atoms with Gasteiger partial charge in [0.15, 0.2) is 0 Å². The van der Waals surface area contributed by atoms with Crippen molar-refractivity contribution in [3.8, 4) is 5.75 Å². The summed E-state index contributed by atoms with van der Waals surface area (Å²) >= 11 is 0. The van der Waals surface area contributed by atoms with Crippen molar-refractivity contribution in [3.63, 3.8) is 0 Å². The lowest BCUT2D eigenvalue weighted by atomic mass is 9.95. The molecular formula is C25H31N3O2. The summed E-state index contributed by atoms with van der Waals surface area (Å²) < 4.78 is 5.31. The van der Waals surface area contributed by atoms with Crippen LogP contribution in [0.4, 0.5) is 0 Å². The summed E-state index contributed by atoms with van der Waals surface area (Å²) in [6.07, 6.45) is 4.33. The Kier molecular flexibility index (Phi) is 6.18. The van der Waals surface area contributed by atoms with Crippen LogP contribution < -0.4 is 4.74 Å². The summed E-state index contributed by atoms with van der Waals surface area (Å²) in [6, 6.07) is 14.4. The van der Waals surface area contributed by atoms with Crippen LogP contribution in [-0.2, 0) is 4.79 Å². The number of hydrogen-bond acceptors (Lipinski definition) is 4. The van der Waals surface area contributed by atoms with Crippen LogP contribution in [0.1, 0.15) is 54.0 Å². The van der Waals surface area contributed by atoms with E-state index < -0.39 is 0 Å². The normalized spacial score (nSPS) is 19.6. The number of ether oxygens (including phenoxy) is 1. The largest absolute Gasteiger partial charge is 0.497 e. The smallest absolute Gasteiger partial charge is 0.257 e. The van der Waals surface area contributed by atoms with Gasteiger partial charge in [0.2, 0.25) is 0 Å². The molecule has 4 rings (SSSR count). The zero-order valence-corrected chi connectivity index (χ0v) is 18.2. The summed E-state index contributed by atoms with van der Waals surface area (Å²) in [5.74, 6) is 0.900. The van der Waals surface area contributed by atoms with Gasteiger partial charge in [-0.15, -0.1) is 0 Å². The first kappa shape index (κ1) is 20.6. The number of aryl methyl sites for hydroxylation is 2. The van der Waals surface area contributed by atoms with Crippen molar-refractivity contribution in [2.75, 3.05) is 26.7 Å². The first-order chi connectivity index (χ1) is 14.5. The molecule has 2 aliphatic rings. The fourth-order valence-corrected chi connectivity index (χ4v) is 4.42. The number of rotatable bonds is 5. The van der Waals surface area contributed by atoms with Gasteiger partial charge in [0, 0.05) is 12.0 Å². The van der Waals surface area contributed by atoms with E-state index in [0.29, 0.717) is 6.54 Å². The lowest BCUT2D eigenvalue weighted by Gasteiger charge is -2.29. The van der Waals surface area contributed by atoms with E-state index in [4.69, 9.17) is 9.84 Å². The van der Waals surface area contributed by atoms with E-state index in [1.54, 1.807) is 12.1 Å². The van der Waals surface area contributed by atoms with E-state index in [1.165, 1.54) is 30.4 Å². The zero-order chi connectivity index (χ0) is 21.1. The van der Waals surface area contributed by atoms with Crippen molar-refractivity contribution in [2.24, 2.45) is 5.10 Å². The Balaban J connectivity index is 1.63. The highest BCUT2D eigenvalue weighted by Gasteiger charge is 2.34. The summed E-state index contributed by atoms with van der Waals surface area (Å²) in [7, 11) is 1.67. The molecule has 0 radical (unpaired) electrons. The topological polar surface area (TPSA) is 45.1 Å². The number of amides is 1. The van der Waals surface area contributed by atoms with Crippen molar-refractivity contribution >= 4 is 11.6 Å². The quantitative estimate of drug-likeness (QED) is 0.737. The second-order valence-electron chi connectivity index (χ2n) is 8.43. The summed E-state index contributed by atoms with van der Waals surface area (Å²) in [4.78, 5) is 15.6. The van der Waals surface area contributed by atoms with Gasteiger partial charge < -0.3 is 4.74 Å². The number of piperidine rings is 1. The van der Waals surface area contributed by atoms with Gasteiger partial charge in [0.25, 0.3) is 5.91 Å². The Hall–Kier alpha value is -2.66. The molecule has 1 amide bonds. The molecule has 0 saturated carbocycles. The second-order valence-corrected chi connectivity index (χ2v) is 8.43. The van der Waals surface area contributed by atoms with Gasteiger partial charge >= 0.3 is 0 Å². The number of hydrogen-bond donors (Lipinski definition) is 0. The number of hydrazone groups is 1. The predicted octanol–water partition coefficient (Wildman–Crippen LogP) is 4.48. The molecule has 2 aliphatic heterocycles. The molecule has 2 aromatic carbocycles. The van der Waals surface area contributed by atoms with Gasteiger partial charge in [-0.25, -0.2) is 5.01 Å². The highest BCUT2D eigenvalue weighted by molar-refractivity contribution is 6.04. The monoisotopic (exact) mass is 405 g/mol. The molecule has 1 saturated heterocycles. The van der Waals surface area contributed by atoms with Crippen LogP contribution in [0.15, 0.2) is 47.6 Å². The van der Waals surface area contributed by atoms with Crippen molar-refractivity contribution in [3.05, 3.63) is 64.7 Å². The first-order valence-corrected chi connectivity index (χ1v) is 10.9. The summed E-state index contributed by atoms with van der Waals surface area (Å²) in [5, 5.41) is 6.60. The number of likely N-dealkylation sites (tertiary alicyclic amines) is 1. The molecule has 1 unspecified atom stereocenters. The molecule has 0 spiro atoms. The molecule has 0 aliphatic carbocycles. The Morgan fingerprint density at radius 2 is 1.80 bits per heavy atom. The minimum atomic E-state index is -0.0805. The van der Waals surface area contributed by atoms with Gasteiger partial charge in [-0.2, -0.15) is 5.10 Å². The molecule has 1 fully saturated rings. The standard InChI is InChI=1S/C25H31N3O2/c1-18-7-8-19(2)22(15-18)23-16-24(20-9-11-21(30-3)12-10-20)28(26-23)25(29)17-27-13-5-4-6-14-27/h7-12,15,24H,4-6,13-14,16-17H2,1-3H3. The maximum atomic E-state index is 13.3. The molecule has 2 heterocycles. The fourth-order valence-electron chi connectivity index (χ4n) is 4.42. The van der Waals surface area contributed by atoms with E-state index >= 15 is 0 Å². The van der Waals surface area contributed by atoms with E-state index in [1.807, 2.05) is 24.3 Å². The molecule has 158 valence electrons. The Bertz CT molecular complexity index is 930. The SMILES string of the molecule is COc1ccc(C2CC(c3cc(C)ccc3C)=NN2C(=O)CN2CCCCC2)cc1. The van der Waals surface area contributed by atoms with E-state index in [2.05, 4.69) is 36.9 Å². The van der Waals surface area contributed by atoms with Crippen molar-refractivity contribution in [2.45, 2.75) is 45.6 Å². The van der Waals surface area contributed by atoms with Crippen LogP contribution >= 0.6 is 0 Å². The molecule has 1 atom stereocenters. The average molecular weight is 406 g/mol. The molecule has 5 heteroatoms. The first-order valence-electron chi connectivity index (χ1n) is 10.9. The minimum absolute atomic E-state index is 0.0805. The second kappa shape index (κ2) is 9.00. The maximum Gasteiger partial charge on any atom is 0.257 e. The van der Waals surface area contributed by atoms with Gasteiger partial charge in [0.05, 0.1) is 25.4 Å². The number of benzene rings is 2. The highest BCUT2D eigenvalue weighted by atomic mass is 16.5. The number of nitrogens with zero attached hydrogens (tertiary/aromatic N) is 3. The molecule has 0 bridgehead atoms. The van der Waals surface area contributed by atoms with Gasteiger partial charge in [-0.1, -0.05) is 36.2 Å². The highest BCUT2D eigenvalue weighted by Crippen LogP contribution is 2.34. The number of methoxy groups -OCH3 is 1. The van der Waals surface area contributed by atoms with Gasteiger partial charge in [-0.05, 0) is 69.1 Å². The third-order valence-corrected chi connectivity index (χ3v) is 6.18. The van der Waals surface area contributed by atoms with Crippen LogP contribution in [0.2, 0.25) is 0 Å². The zero-order valence-electron chi connectivity index (χ0n) is 18.2. The minimum Gasteiger partial charge on any atom is -0.497 e. The molecule has 5 nitrogen and oxygen atoms in total. The van der Waals surface area contributed by atoms with Crippen LogP contribution in [0.25, 0.3) is 0 Å².